The number of aryl methyl sites for hydroxylation is 2. The minimum absolute atomic E-state index is 0.271. The van der Waals surface area contributed by atoms with Crippen molar-refractivity contribution in [3.8, 4) is 5.75 Å². The molecule has 0 aliphatic heterocycles. The number of ether oxygens (including phenoxy) is 1. The third-order valence-corrected chi connectivity index (χ3v) is 3.44. The number of urea groups is 1. The van der Waals surface area contributed by atoms with Crippen LogP contribution in [0.2, 0.25) is 0 Å². The maximum atomic E-state index is 12.1. The van der Waals surface area contributed by atoms with Crippen molar-refractivity contribution in [2.75, 3.05) is 6.54 Å². The molecule has 0 aliphatic carbocycles. The maximum absolute atomic E-state index is 12.1. The average Bonchev–Trinajstić information content (AvgIpc) is 2.83. The van der Waals surface area contributed by atoms with Crippen LogP contribution in [0.4, 0.5) is 18.0 Å². The molecule has 2 amide bonds. The van der Waals surface area contributed by atoms with Gasteiger partial charge in [0.1, 0.15) is 17.3 Å². The molecule has 0 bridgehead atoms. The van der Waals surface area contributed by atoms with E-state index in [4.69, 9.17) is 4.42 Å². The van der Waals surface area contributed by atoms with E-state index in [0.29, 0.717) is 19.5 Å². The largest absolute Gasteiger partial charge is 0.573 e. The Morgan fingerprint density at radius 1 is 1.16 bits per heavy atom. The third kappa shape index (κ3) is 6.40. The Labute approximate surface area is 143 Å². The summed E-state index contributed by atoms with van der Waals surface area (Å²) in [5.74, 6) is 1.28. The number of hydrogen-bond acceptors (Lipinski definition) is 3. The SMILES string of the molecule is Cc1cc(CNC(=O)NCCc2ccc(OC(F)(F)F)cc2)c(C)o1. The fraction of sp³-hybridized carbons (Fsp3) is 0.353. The van der Waals surface area contributed by atoms with Gasteiger partial charge in [-0.05, 0) is 44.0 Å². The van der Waals surface area contributed by atoms with E-state index in [2.05, 4.69) is 15.4 Å². The van der Waals surface area contributed by atoms with Crippen LogP contribution in [0, 0.1) is 13.8 Å². The van der Waals surface area contributed by atoms with Crippen molar-refractivity contribution in [1.29, 1.82) is 0 Å². The fourth-order valence-electron chi connectivity index (χ4n) is 2.28. The minimum atomic E-state index is -4.70. The molecular weight excluding hydrogens is 337 g/mol. The predicted molar refractivity (Wildman–Crippen MR) is 85.2 cm³/mol. The van der Waals surface area contributed by atoms with E-state index in [1.165, 1.54) is 24.3 Å². The Morgan fingerprint density at radius 3 is 2.40 bits per heavy atom. The topological polar surface area (TPSA) is 63.5 Å². The molecule has 0 radical (unpaired) electrons. The van der Waals surface area contributed by atoms with Gasteiger partial charge in [0, 0.05) is 18.7 Å². The second-order valence-electron chi connectivity index (χ2n) is 5.49. The molecule has 136 valence electrons. The monoisotopic (exact) mass is 356 g/mol. The lowest BCUT2D eigenvalue weighted by Gasteiger charge is -2.10. The lowest BCUT2D eigenvalue weighted by molar-refractivity contribution is -0.274. The molecule has 0 spiro atoms. The molecule has 8 heteroatoms. The van der Waals surface area contributed by atoms with Crippen molar-refractivity contribution < 1.29 is 27.1 Å². The minimum Gasteiger partial charge on any atom is -0.466 e. The zero-order chi connectivity index (χ0) is 18.4. The molecule has 2 N–H and O–H groups in total. The summed E-state index contributed by atoms with van der Waals surface area (Å²) in [4.78, 5) is 11.7. The van der Waals surface area contributed by atoms with Crippen molar-refractivity contribution in [3.05, 3.63) is 53.0 Å². The quantitative estimate of drug-likeness (QED) is 0.827. The predicted octanol–water partition coefficient (Wildman–Crippen LogP) is 3.84. The van der Waals surface area contributed by atoms with E-state index in [1.807, 2.05) is 19.9 Å². The smallest absolute Gasteiger partial charge is 0.466 e. The van der Waals surface area contributed by atoms with E-state index in [1.54, 1.807) is 0 Å². The molecule has 2 aromatic rings. The Balaban J connectivity index is 1.71. The highest BCUT2D eigenvalue weighted by atomic mass is 19.4. The molecular formula is C17H19F3N2O3. The van der Waals surface area contributed by atoms with Crippen molar-refractivity contribution in [2.45, 2.75) is 33.2 Å². The van der Waals surface area contributed by atoms with Crippen LogP contribution < -0.4 is 15.4 Å². The number of nitrogens with one attached hydrogen (secondary N) is 2. The highest BCUT2D eigenvalue weighted by Crippen LogP contribution is 2.22. The number of hydrogen-bond donors (Lipinski definition) is 2. The maximum Gasteiger partial charge on any atom is 0.573 e. The second-order valence-corrected chi connectivity index (χ2v) is 5.49. The molecule has 0 saturated carbocycles. The number of halogens is 3. The molecule has 0 fully saturated rings. The van der Waals surface area contributed by atoms with Crippen LogP contribution in [0.25, 0.3) is 0 Å². The Kier molecular flexibility index (Phi) is 5.95. The summed E-state index contributed by atoms with van der Waals surface area (Å²) in [5.41, 5.74) is 1.70. The van der Waals surface area contributed by atoms with E-state index >= 15 is 0 Å². The molecule has 1 aromatic carbocycles. The summed E-state index contributed by atoms with van der Waals surface area (Å²) >= 11 is 0. The van der Waals surface area contributed by atoms with Gasteiger partial charge < -0.3 is 19.8 Å². The van der Waals surface area contributed by atoms with Gasteiger partial charge in [-0.25, -0.2) is 4.79 Å². The standard InChI is InChI=1S/C17H19F3N2O3/c1-11-9-14(12(2)24-11)10-22-16(23)21-8-7-13-3-5-15(6-4-13)25-17(18,19)20/h3-6,9H,7-8,10H2,1-2H3,(H2,21,22,23). The molecule has 25 heavy (non-hydrogen) atoms. The first-order chi connectivity index (χ1) is 11.7. The first kappa shape index (κ1) is 18.7. The number of amides is 2. The Morgan fingerprint density at radius 2 is 1.84 bits per heavy atom. The van der Waals surface area contributed by atoms with Gasteiger partial charge in [-0.1, -0.05) is 12.1 Å². The van der Waals surface area contributed by atoms with Gasteiger partial charge in [0.2, 0.25) is 0 Å². The van der Waals surface area contributed by atoms with Gasteiger partial charge in [0.05, 0.1) is 0 Å². The number of furan rings is 1. The van der Waals surface area contributed by atoms with Gasteiger partial charge in [-0.15, -0.1) is 13.2 Å². The van der Waals surface area contributed by atoms with E-state index < -0.39 is 6.36 Å². The van der Waals surface area contributed by atoms with Crippen molar-refractivity contribution >= 4 is 6.03 Å². The Hall–Kier alpha value is -2.64. The summed E-state index contributed by atoms with van der Waals surface area (Å²) in [7, 11) is 0. The van der Waals surface area contributed by atoms with Gasteiger partial charge in [-0.3, -0.25) is 0 Å². The molecule has 0 atom stereocenters. The van der Waals surface area contributed by atoms with Crippen LogP contribution in [0.3, 0.4) is 0 Å². The molecule has 0 saturated heterocycles. The van der Waals surface area contributed by atoms with Crippen molar-refractivity contribution in [2.24, 2.45) is 0 Å². The van der Waals surface area contributed by atoms with E-state index in [9.17, 15) is 18.0 Å². The number of benzene rings is 1. The summed E-state index contributed by atoms with van der Waals surface area (Å²) in [6, 6.07) is 7.08. The average molecular weight is 356 g/mol. The van der Waals surface area contributed by atoms with Crippen LogP contribution >= 0.6 is 0 Å². The van der Waals surface area contributed by atoms with Crippen LogP contribution in [0.15, 0.2) is 34.7 Å². The fourth-order valence-corrected chi connectivity index (χ4v) is 2.28. The lowest BCUT2D eigenvalue weighted by atomic mass is 10.1. The summed E-state index contributed by atoms with van der Waals surface area (Å²) in [5, 5.41) is 5.41. The third-order valence-electron chi connectivity index (χ3n) is 3.44. The van der Waals surface area contributed by atoms with Crippen LogP contribution in [-0.2, 0) is 13.0 Å². The number of carbonyl (C=O) groups is 1. The second kappa shape index (κ2) is 7.96. The van der Waals surface area contributed by atoms with Gasteiger partial charge >= 0.3 is 12.4 Å². The first-order valence-electron chi connectivity index (χ1n) is 7.65. The van der Waals surface area contributed by atoms with Crippen molar-refractivity contribution in [1.82, 2.24) is 10.6 Å². The lowest BCUT2D eigenvalue weighted by Crippen LogP contribution is -2.36. The number of carbonyl (C=O) groups excluding carboxylic acids is 1. The highest BCUT2D eigenvalue weighted by Gasteiger charge is 2.30. The molecule has 0 unspecified atom stereocenters. The first-order valence-corrected chi connectivity index (χ1v) is 7.65. The van der Waals surface area contributed by atoms with Gasteiger partial charge in [0.25, 0.3) is 0 Å². The molecule has 1 heterocycles. The van der Waals surface area contributed by atoms with Crippen LogP contribution in [0.1, 0.15) is 22.6 Å². The molecule has 1 aromatic heterocycles. The van der Waals surface area contributed by atoms with Crippen LogP contribution in [0.5, 0.6) is 5.75 Å². The molecule has 5 nitrogen and oxygen atoms in total. The number of rotatable bonds is 6. The van der Waals surface area contributed by atoms with Gasteiger partial charge in [0.15, 0.2) is 0 Å². The van der Waals surface area contributed by atoms with E-state index in [0.717, 1.165) is 22.6 Å². The number of alkyl halides is 3. The van der Waals surface area contributed by atoms with Gasteiger partial charge in [-0.2, -0.15) is 0 Å². The Bertz CT molecular complexity index is 709. The normalized spacial score (nSPS) is 11.2. The van der Waals surface area contributed by atoms with Crippen LogP contribution in [-0.4, -0.2) is 18.9 Å². The van der Waals surface area contributed by atoms with Crippen molar-refractivity contribution in [3.63, 3.8) is 0 Å². The molecule has 0 aliphatic rings. The zero-order valence-corrected chi connectivity index (χ0v) is 13.9. The zero-order valence-electron chi connectivity index (χ0n) is 13.9. The van der Waals surface area contributed by atoms with E-state index in [-0.39, 0.29) is 11.8 Å². The molecule has 2 rings (SSSR count). The summed E-state index contributed by atoms with van der Waals surface area (Å²) < 4.78 is 45.4. The summed E-state index contributed by atoms with van der Waals surface area (Å²) in [6.07, 6.45) is -4.21. The highest BCUT2D eigenvalue weighted by molar-refractivity contribution is 5.73. The summed E-state index contributed by atoms with van der Waals surface area (Å²) in [6.45, 7) is 4.38.